The van der Waals surface area contributed by atoms with Gasteiger partial charge in [0, 0.05) is 38.9 Å². The van der Waals surface area contributed by atoms with E-state index >= 15 is 0 Å². The van der Waals surface area contributed by atoms with Crippen molar-refractivity contribution in [1.82, 2.24) is 20.5 Å². The highest BCUT2D eigenvalue weighted by molar-refractivity contribution is 5.97. The molecule has 2 N–H and O–H groups in total. The zero-order chi connectivity index (χ0) is 19.1. The molecule has 0 spiro atoms. The summed E-state index contributed by atoms with van der Waals surface area (Å²) in [6.07, 6.45) is 1.79. The second-order valence-electron chi connectivity index (χ2n) is 6.37. The van der Waals surface area contributed by atoms with Crippen molar-refractivity contribution in [3.8, 4) is 0 Å². The van der Waals surface area contributed by atoms with Crippen LogP contribution in [0.5, 0.6) is 0 Å². The second-order valence-corrected chi connectivity index (χ2v) is 6.37. The minimum atomic E-state index is -0.500. The van der Waals surface area contributed by atoms with Crippen LogP contribution in [-0.4, -0.2) is 54.5 Å². The Bertz CT molecular complexity index is 745. The molecule has 0 saturated carbocycles. The van der Waals surface area contributed by atoms with Crippen molar-refractivity contribution in [2.45, 2.75) is 13.0 Å². The van der Waals surface area contributed by atoms with E-state index in [0.717, 1.165) is 24.5 Å². The molecule has 1 fully saturated rings. The maximum atomic E-state index is 12.8. The molecule has 1 atom stereocenters. The Hall–Kier alpha value is -2.93. The Morgan fingerprint density at radius 3 is 2.37 bits per heavy atom. The third kappa shape index (κ3) is 4.83. The van der Waals surface area contributed by atoms with Gasteiger partial charge in [0.05, 0.1) is 0 Å². The van der Waals surface area contributed by atoms with Crippen LogP contribution in [0.15, 0.2) is 54.7 Å². The monoisotopic (exact) mass is 367 g/mol. The number of nitrogens with one attached hydrogen (secondary N) is 2. The summed E-state index contributed by atoms with van der Waals surface area (Å²) in [4.78, 5) is 33.4. The molecule has 0 aliphatic carbocycles. The first kappa shape index (κ1) is 18.8. The van der Waals surface area contributed by atoms with Crippen LogP contribution < -0.4 is 15.5 Å². The predicted octanol–water partition coefficient (Wildman–Crippen LogP) is 1.79. The van der Waals surface area contributed by atoms with Crippen LogP contribution in [0, 0.1) is 0 Å². The molecule has 2 aromatic rings. The number of carbonyl (C=O) groups is 2. The second kappa shape index (κ2) is 9.14. The van der Waals surface area contributed by atoms with E-state index in [-0.39, 0.29) is 5.91 Å². The van der Waals surface area contributed by atoms with Gasteiger partial charge in [-0.05, 0) is 24.6 Å². The molecule has 7 heteroatoms. The number of benzene rings is 1. The van der Waals surface area contributed by atoms with E-state index in [1.54, 1.807) is 6.20 Å². The van der Waals surface area contributed by atoms with Crippen molar-refractivity contribution in [3.05, 3.63) is 60.3 Å². The highest BCUT2D eigenvalue weighted by Gasteiger charge is 2.31. The molecular formula is C20H25N5O2. The van der Waals surface area contributed by atoms with Gasteiger partial charge in [0.15, 0.2) is 0 Å². The summed E-state index contributed by atoms with van der Waals surface area (Å²) in [5.74, 6) is 0.638. The summed E-state index contributed by atoms with van der Waals surface area (Å²) in [6, 6.07) is 14.5. The number of hydrogen-bond acceptors (Lipinski definition) is 5. The SMILES string of the molecule is CCNC(=O)NC(=O)[C@@H](c1ccccc1)N1CCN(c2ccccn2)CC1. The number of pyridine rings is 1. The minimum absolute atomic E-state index is 0.307. The number of rotatable bonds is 5. The molecule has 27 heavy (non-hydrogen) atoms. The normalized spacial score (nSPS) is 15.8. The highest BCUT2D eigenvalue weighted by Crippen LogP contribution is 2.24. The van der Waals surface area contributed by atoms with Gasteiger partial charge in [0.25, 0.3) is 0 Å². The van der Waals surface area contributed by atoms with Crippen LogP contribution >= 0.6 is 0 Å². The lowest BCUT2D eigenvalue weighted by Crippen LogP contribution is -2.52. The van der Waals surface area contributed by atoms with Crippen LogP contribution in [0.2, 0.25) is 0 Å². The number of hydrogen-bond donors (Lipinski definition) is 2. The van der Waals surface area contributed by atoms with Gasteiger partial charge in [-0.1, -0.05) is 36.4 Å². The number of urea groups is 1. The molecule has 1 aliphatic rings. The molecule has 3 rings (SSSR count). The number of piperazine rings is 1. The van der Waals surface area contributed by atoms with Gasteiger partial charge in [-0.3, -0.25) is 15.0 Å². The van der Waals surface area contributed by atoms with Crippen molar-refractivity contribution < 1.29 is 9.59 Å². The number of amides is 3. The number of nitrogens with zero attached hydrogens (tertiary/aromatic N) is 3. The Labute approximate surface area is 159 Å². The van der Waals surface area contributed by atoms with E-state index in [4.69, 9.17) is 0 Å². The first-order valence-corrected chi connectivity index (χ1v) is 9.22. The number of imide groups is 1. The molecule has 0 radical (unpaired) electrons. The summed E-state index contributed by atoms with van der Waals surface area (Å²) < 4.78 is 0. The van der Waals surface area contributed by atoms with E-state index in [1.165, 1.54) is 0 Å². The van der Waals surface area contributed by atoms with E-state index in [9.17, 15) is 9.59 Å². The largest absolute Gasteiger partial charge is 0.354 e. The maximum absolute atomic E-state index is 12.8. The van der Waals surface area contributed by atoms with Crippen LogP contribution in [0.3, 0.4) is 0 Å². The van der Waals surface area contributed by atoms with Crippen molar-refractivity contribution in [1.29, 1.82) is 0 Å². The fraction of sp³-hybridized carbons (Fsp3) is 0.350. The first-order valence-electron chi connectivity index (χ1n) is 9.22. The van der Waals surface area contributed by atoms with Gasteiger partial charge in [0.2, 0.25) is 5.91 Å². The molecule has 7 nitrogen and oxygen atoms in total. The summed E-state index contributed by atoms with van der Waals surface area (Å²) in [6.45, 7) is 5.24. The van der Waals surface area contributed by atoms with Gasteiger partial charge in [-0.25, -0.2) is 9.78 Å². The van der Waals surface area contributed by atoms with Crippen LogP contribution in [0.1, 0.15) is 18.5 Å². The lowest BCUT2D eigenvalue weighted by molar-refractivity contribution is -0.125. The Balaban J connectivity index is 1.72. The van der Waals surface area contributed by atoms with Crippen LogP contribution in [-0.2, 0) is 4.79 Å². The number of carbonyl (C=O) groups excluding carboxylic acids is 2. The average Bonchev–Trinajstić information content (AvgIpc) is 2.70. The average molecular weight is 367 g/mol. The molecule has 2 heterocycles. The quantitative estimate of drug-likeness (QED) is 0.843. The molecule has 1 saturated heterocycles. The predicted molar refractivity (Wildman–Crippen MR) is 104 cm³/mol. The first-order chi connectivity index (χ1) is 13.2. The van der Waals surface area contributed by atoms with E-state index in [0.29, 0.717) is 19.6 Å². The van der Waals surface area contributed by atoms with E-state index in [1.807, 2.05) is 55.5 Å². The van der Waals surface area contributed by atoms with Gasteiger partial charge in [-0.15, -0.1) is 0 Å². The van der Waals surface area contributed by atoms with Crippen molar-refractivity contribution in [3.63, 3.8) is 0 Å². The van der Waals surface area contributed by atoms with Gasteiger partial charge >= 0.3 is 6.03 Å². The third-order valence-electron chi connectivity index (χ3n) is 4.59. The summed E-state index contributed by atoms with van der Waals surface area (Å²) in [5, 5.41) is 5.07. The minimum Gasteiger partial charge on any atom is -0.354 e. The number of aromatic nitrogens is 1. The Morgan fingerprint density at radius 2 is 1.74 bits per heavy atom. The van der Waals surface area contributed by atoms with Crippen molar-refractivity contribution >= 4 is 17.8 Å². The third-order valence-corrected chi connectivity index (χ3v) is 4.59. The molecule has 3 amide bonds. The van der Waals surface area contributed by atoms with E-state index < -0.39 is 12.1 Å². The molecular weight excluding hydrogens is 342 g/mol. The molecule has 142 valence electrons. The summed E-state index contributed by atoms with van der Waals surface area (Å²) >= 11 is 0. The van der Waals surface area contributed by atoms with Crippen molar-refractivity contribution in [2.75, 3.05) is 37.6 Å². The zero-order valence-corrected chi connectivity index (χ0v) is 15.5. The summed E-state index contributed by atoms with van der Waals surface area (Å²) in [7, 11) is 0. The maximum Gasteiger partial charge on any atom is 0.321 e. The molecule has 1 aromatic heterocycles. The standard InChI is InChI=1S/C20H25N5O2/c1-2-21-20(27)23-19(26)18(16-8-4-3-5-9-16)25-14-12-24(13-15-25)17-10-6-7-11-22-17/h3-11,18H,2,12-15H2,1H3,(H2,21,23,26,27)/t18-/m1/s1. The Morgan fingerprint density at radius 1 is 1.04 bits per heavy atom. The fourth-order valence-corrected chi connectivity index (χ4v) is 3.30. The zero-order valence-electron chi connectivity index (χ0n) is 15.5. The number of anilines is 1. The molecule has 1 aliphatic heterocycles. The van der Waals surface area contributed by atoms with Gasteiger partial charge < -0.3 is 10.2 Å². The molecule has 0 unspecified atom stereocenters. The van der Waals surface area contributed by atoms with E-state index in [2.05, 4.69) is 25.4 Å². The summed E-state index contributed by atoms with van der Waals surface area (Å²) in [5.41, 5.74) is 0.880. The van der Waals surface area contributed by atoms with Crippen LogP contribution in [0.25, 0.3) is 0 Å². The lowest BCUT2D eigenvalue weighted by atomic mass is 10.0. The molecule has 0 bridgehead atoms. The van der Waals surface area contributed by atoms with Gasteiger partial charge in [-0.2, -0.15) is 0 Å². The lowest BCUT2D eigenvalue weighted by Gasteiger charge is -2.39. The fourth-order valence-electron chi connectivity index (χ4n) is 3.30. The van der Waals surface area contributed by atoms with Crippen LogP contribution in [0.4, 0.5) is 10.6 Å². The van der Waals surface area contributed by atoms with Crippen molar-refractivity contribution in [2.24, 2.45) is 0 Å². The molecule has 1 aromatic carbocycles. The highest BCUT2D eigenvalue weighted by atomic mass is 16.2. The van der Waals surface area contributed by atoms with Gasteiger partial charge in [0.1, 0.15) is 11.9 Å². The Kier molecular flexibility index (Phi) is 6.38. The topological polar surface area (TPSA) is 77.6 Å². The smallest absolute Gasteiger partial charge is 0.321 e.